The molecule has 0 unspecified atom stereocenters. The molecule has 0 saturated carbocycles. The monoisotopic (exact) mass is 563 g/mol. The maximum atomic E-state index is 6.49. The molecule has 1 heterocycles. The molecular weight excluding hydrogens is 534 g/mol. The van der Waals surface area contributed by atoms with Crippen molar-refractivity contribution in [1.82, 2.24) is 0 Å². The van der Waals surface area contributed by atoms with E-state index in [1.165, 1.54) is 11.1 Å². The number of hydrogen-bond acceptors (Lipinski definition) is 2. The third-order valence-electron chi connectivity index (χ3n) is 8.27. The maximum Gasteiger partial charge on any atom is 0.143 e. The molecule has 2 nitrogen and oxygen atoms in total. The van der Waals surface area contributed by atoms with Crippen LogP contribution in [0.4, 0.5) is 17.1 Å². The summed E-state index contributed by atoms with van der Waals surface area (Å²) in [6.45, 7) is 0. The van der Waals surface area contributed by atoms with Gasteiger partial charge in [-0.3, -0.25) is 0 Å². The molecule has 0 spiro atoms. The second-order valence-electron chi connectivity index (χ2n) is 11.0. The molecule has 44 heavy (non-hydrogen) atoms. The van der Waals surface area contributed by atoms with Crippen LogP contribution in [-0.2, 0) is 0 Å². The van der Waals surface area contributed by atoms with Gasteiger partial charge in [-0.1, -0.05) is 121 Å². The lowest BCUT2D eigenvalue weighted by Gasteiger charge is -2.25. The molecule has 8 aromatic rings. The van der Waals surface area contributed by atoms with Crippen molar-refractivity contribution in [3.63, 3.8) is 0 Å². The zero-order valence-electron chi connectivity index (χ0n) is 24.1. The molecule has 0 atom stereocenters. The van der Waals surface area contributed by atoms with E-state index in [2.05, 4.69) is 169 Å². The Balaban J connectivity index is 1.24. The topological polar surface area (TPSA) is 16.4 Å². The summed E-state index contributed by atoms with van der Waals surface area (Å²) in [4.78, 5) is 2.29. The average Bonchev–Trinajstić information content (AvgIpc) is 3.49. The van der Waals surface area contributed by atoms with Crippen LogP contribution in [0.25, 0.3) is 55.3 Å². The van der Waals surface area contributed by atoms with Crippen LogP contribution >= 0.6 is 0 Å². The minimum atomic E-state index is 0.901. The van der Waals surface area contributed by atoms with Gasteiger partial charge in [0.25, 0.3) is 0 Å². The fraction of sp³-hybridized carbons (Fsp3) is 0. The Morgan fingerprint density at radius 2 is 0.818 bits per heavy atom. The van der Waals surface area contributed by atoms with Gasteiger partial charge in [-0.25, -0.2) is 0 Å². The van der Waals surface area contributed by atoms with Gasteiger partial charge in [0.05, 0.1) is 0 Å². The highest BCUT2D eigenvalue weighted by Crippen LogP contribution is 2.41. The fourth-order valence-electron chi connectivity index (χ4n) is 6.09. The third-order valence-corrected chi connectivity index (χ3v) is 8.27. The quantitative estimate of drug-likeness (QED) is 0.200. The highest BCUT2D eigenvalue weighted by Gasteiger charge is 2.16. The summed E-state index contributed by atoms with van der Waals surface area (Å²) in [5.41, 5.74) is 12.1. The van der Waals surface area contributed by atoms with Crippen LogP contribution < -0.4 is 4.90 Å². The number of fused-ring (bicyclic) bond motifs is 3. The van der Waals surface area contributed by atoms with Crippen molar-refractivity contribution in [2.45, 2.75) is 0 Å². The van der Waals surface area contributed by atoms with Crippen LogP contribution in [0, 0.1) is 0 Å². The zero-order valence-corrected chi connectivity index (χ0v) is 24.1. The molecule has 0 fully saturated rings. The highest BCUT2D eigenvalue weighted by atomic mass is 16.3. The van der Waals surface area contributed by atoms with Crippen LogP contribution in [-0.4, -0.2) is 0 Å². The first-order chi connectivity index (χ1) is 21.8. The Hall–Kier alpha value is -5.86. The van der Waals surface area contributed by atoms with E-state index in [1.807, 2.05) is 12.1 Å². The summed E-state index contributed by atoms with van der Waals surface area (Å²) in [7, 11) is 0. The first-order valence-corrected chi connectivity index (χ1v) is 14.9. The SMILES string of the molecule is c1ccc(-c2ccc(-c3cc(-c4ccc(N(c5ccccc5)c5ccccc5)cc4)cc4c3oc3ccccc34)cc2)cc1. The molecule has 0 saturated heterocycles. The fourth-order valence-corrected chi connectivity index (χ4v) is 6.09. The molecule has 0 aliphatic heterocycles. The van der Waals surface area contributed by atoms with Gasteiger partial charge in [0.15, 0.2) is 0 Å². The molecule has 0 aliphatic rings. The molecule has 0 N–H and O–H groups in total. The second kappa shape index (κ2) is 11.1. The summed E-state index contributed by atoms with van der Waals surface area (Å²) in [5, 5.41) is 2.25. The molecule has 8 rings (SSSR count). The Morgan fingerprint density at radius 1 is 0.341 bits per heavy atom. The Kier molecular flexibility index (Phi) is 6.51. The lowest BCUT2D eigenvalue weighted by Crippen LogP contribution is -2.09. The molecule has 7 aromatic carbocycles. The zero-order chi connectivity index (χ0) is 29.3. The minimum Gasteiger partial charge on any atom is -0.455 e. The largest absolute Gasteiger partial charge is 0.455 e. The van der Waals surface area contributed by atoms with Crippen molar-refractivity contribution in [2.75, 3.05) is 4.90 Å². The van der Waals surface area contributed by atoms with Crippen molar-refractivity contribution < 1.29 is 4.42 Å². The molecule has 0 amide bonds. The van der Waals surface area contributed by atoms with Gasteiger partial charge in [-0.15, -0.1) is 0 Å². The standard InChI is InChI=1S/C42H29NO/c1-4-12-30(13-5-1)31-20-22-33(23-21-31)39-28-34(29-40-38-18-10-11-19-41(38)44-42(39)40)32-24-26-37(27-25-32)43(35-14-6-2-7-15-35)36-16-8-3-9-17-36/h1-29H. The summed E-state index contributed by atoms with van der Waals surface area (Å²) in [6, 6.07) is 62.0. The molecular formula is C42H29NO. The van der Waals surface area contributed by atoms with E-state index < -0.39 is 0 Å². The minimum absolute atomic E-state index is 0.901. The summed E-state index contributed by atoms with van der Waals surface area (Å²) >= 11 is 0. The van der Waals surface area contributed by atoms with Gasteiger partial charge in [-0.2, -0.15) is 0 Å². The van der Waals surface area contributed by atoms with Crippen molar-refractivity contribution in [1.29, 1.82) is 0 Å². The normalized spacial score (nSPS) is 11.2. The first kappa shape index (κ1) is 25.8. The molecule has 208 valence electrons. The van der Waals surface area contributed by atoms with E-state index in [9.17, 15) is 0 Å². The van der Waals surface area contributed by atoms with E-state index in [4.69, 9.17) is 4.42 Å². The van der Waals surface area contributed by atoms with Gasteiger partial charge in [0.2, 0.25) is 0 Å². The van der Waals surface area contributed by atoms with Crippen molar-refractivity contribution in [3.8, 4) is 33.4 Å². The molecule has 2 heteroatoms. The Labute approximate surface area is 257 Å². The second-order valence-corrected chi connectivity index (χ2v) is 11.0. The Morgan fingerprint density at radius 3 is 1.48 bits per heavy atom. The van der Waals surface area contributed by atoms with Crippen LogP contribution in [0.5, 0.6) is 0 Å². The number of furan rings is 1. The first-order valence-electron chi connectivity index (χ1n) is 14.9. The van der Waals surface area contributed by atoms with Gasteiger partial charge < -0.3 is 9.32 Å². The predicted octanol–water partition coefficient (Wildman–Crippen LogP) is 12.1. The number of benzene rings is 7. The lowest BCUT2D eigenvalue weighted by molar-refractivity contribution is 0.670. The number of nitrogens with zero attached hydrogens (tertiary/aromatic N) is 1. The average molecular weight is 564 g/mol. The van der Waals surface area contributed by atoms with E-state index in [0.717, 1.165) is 61.3 Å². The number of hydrogen-bond donors (Lipinski definition) is 0. The highest BCUT2D eigenvalue weighted by molar-refractivity contribution is 6.11. The van der Waals surface area contributed by atoms with E-state index in [0.29, 0.717) is 0 Å². The van der Waals surface area contributed by atoms with Gasteiger partial charge in [0.1, 0.15) is 11.2 Å². The summed E-state index contributed by atoms with van der Waals surface area (Å²) in [6.07, 6.45) is 0. The number of para-hydroxylation sites is 3. The number of anilines is 3. The molecule has 0 aliphatic carbocycles. The molecule has 1 aromatic heterocycles. The van der Waals surface area contributed by atoms with Crippen LogP contribution in [0.3, 0.4) is 0 Å². The summed E-state index contributed by atoms with van der Waals surface area (Å²) in [5.74, 6) is 0. The van der Waals surface area contributed by atoms with Crippen molar-refractivity contribution in [3.05, 3.63) is 176 Å². The lowest BCUT2D eigenvalue weighted by atomic mass is 9.94. The number of rotatable bonds is 6. The van der Waals surface area contributed by atoms with Crippen LogP contribution in [0.2, 0.25) is 0 Å². The predicted molar refractivity (Wildman–Crippen MR) is 185 cm³/mol. The van der Waals surface area contributed by atoms with Crippen LogP contribution in [0.1, 0.15) is 0 Å². The van der Waals surface area contributed by atoms with Gasteiger partial charge in [-0.05, 0) is 82.4 Å². The smallest absolute Gasteiger partial charge is 0.143 e. The summed E-state index contributed by atoms with van der Waals surface area (Å²) < 4.78 is 6.49. The van der Waals surface area contributed by atoms with Gasteiger partial charge >= 0.3 is 0 Å². The van der Waals surface area contributed by atoms with Crippen molar-refractivity contribution >= 4 is 39.0 Å². The Bertz CT molecular complexity index is 2140. The van der Waals surface area contributed by atoms with Crippen molar-refractivity contribution in [2.24, 2.45) is 0 Å². The van der Waals surface area contributed by atoms with E-state index in [1.54, 1.807) is 0 Å². The van der Waals surface area contributed by atoms with Gasteiger partial charge in [0, 0.05) is 33.4 Å². The van der Waals surface area contributed by atoms with E-state index >= 15 is 0 Å². The van der Waals surface area contributed by atoms with E-state index in [-0.39, 0.29) is 0 Å². The molecule has 0 bridgehead atoms. The molecule has 0 radical (unpaired) electrons. The van der Waals surface area contributed by atoms with Crippen LogP contribution in [0.15, 0.2) is 180 Å². The maximum absolute atomic E-state index is 6.49. The third kappa shape index (κ3) is 4.73.